The van der Waals surface area contributed by atoms with Gasteiger partial charge in [0.2, 0.25) is 0 Å². The number of hydrogen-bond acceptors (Lipinski definition) is 3. The highest BCUT2D eigenvalue weighted by molar-refractivity contribution is 5.86. The van der Waals surface area contributed by atoms with Crippen molar-refractivity contribution in [2.45, 2.75) is 6.42 Å². The average molecular weight is 351 g/mol. The summed E-state index contributed by atoms with van der Waals surface area (Å²) < 4.78 is 0. The summed E-state index contributed by atoms with van der Waals surface area (Å²) in [6.07, 6.45) is 0.762. The molecule has 0 spiro atoms. The van der Waals surface area contributed by atoms with E-state index in [0.29, 0.717) is 0 Å². The zero-order chi connectivity index (χ0) is 18.4. The number of aromatic hydroxyl groups is 2. The van der Waals surface area contributed by atoms with Gasteiger partial charge in [0, 0.05) is 17.5 Å². The second-order valence-electron chi connectivity index (χ2n) is 6.82. The van der Waals surface area contributed by atoms with Crippen molar-refractivity contribution < 1.29 is 10.2 Å². The van der Waals surface area contributed by atoms with E-state index in [4.69, 9.17) is 4.98 Å². The lowest BCUT2D eigenvalue weighted by atomic mass is 9.96. The topological polar surface area (TPSA) is 53.4 Å². The van der Waals surface area contributed by atoms with Crippen molar-refractivity contribution in [1.29, 1.82) is 0 Å². The molecule has 3 nitrogen and oxygen atoms in total. The zero-order valence-electron chi connectivity index (χ0n) is 14.6. The Bertz CT molecular complexity index is 1170. The lowest BCUT2D eigenvalue weighted by molar-refractivity contribution is 0.475. The van der Waals surface area contributed by atoms with E-state index in [0.717, 1.165) is 51.2 Å². The van der Waals surface area contributed by atoms with Gasteiger partial charge in [-0.25, -0.2) is 4.98 Å². The fourth-order valence-electron chi connectivity index (χ4n) is 3.79. The van der Waals surface area contributed by atoms with E-state index in [-0.39, 0.29) is 11.5 Å². The van der Waals surface area contributed by atoms with Gasteiger partial charge in [-0.3, -0.25) is 0 Å². The van der Waals surface area contributed by atoms with Gasteiger partial charge < -0.3 is 10.2 Å². The minimum absolute atomic E-state index is 0.243. The van der Waals surface area contributed by atoms with Crippen molar-refractivity contribution >= 4 is 0 Å². The van der Waals surface area contributed by atoms with Gasteiger partial charge in [0.05, 0.1) is 11.4 Å². The third-order valence-corrected chi connectivity index (χ3v) is 5.07. The number of rotatable bonds is 2. The molecule has 0 unspecified atom stereocenters. The van der Waals surface area contributed by atoms with Gasteiger partial charge in [-0.05, 0) is 52.6 Å². The molecule has 0 saturated heterocycles. The third-order valence-electron chi connectivity index (χ3n) is 5.07. The highest BCUT2D eigenvalue weighted by Gasteiger charge is 2.25. The summed E-state index contributed by atoms with van der Waals surface area (Å²) in [5.74, 6) is 0.486. The lowest BCUT2D eigenvalue weighted by Gasteiger charge is -2.12. The molecule has 3 heteroatoms. The Balaban J connectivity index is 1.80. The van der Waals surface area contributed by atoms with E-state index in [1.807, 2.05) is 48.5 Å². The maximum Gasteiger partial charge on any atom is 0.116 e. The van der Waals surface area contributed by atoms with E-state index in [2.05, 4.69) is 6.07 Å². The van der Waals surface area contributed by atoms with Gasteiger partial charge in [-0.1, -0.05) is 48.5 Å². The van der Waals surface area contributed by atoms with Crippen LogP contribution in [-0.2, 0) is 6.42 Å². The predicted molar refractivity (Wildman–Crippen MR) is 107 cm³/mol. The monoisotopic (exact) mass is 351 g/mol. The summed E-state index contributed by atoms with van der Waals surface area (Å²) >= 11 is 0. The van der Waals surface area contributed by atoms with Crippen molar-refractivity contribution in [2.75, 3.05) is 0 Å². The first-order valence-corrected chi connectivity index (χ1v) is 8.90. The molecule has 1 aromatic heterocycles. The van der Waals surface area contributed by atoms with Gasteiger partial charge in [0.1, 0.15) is 11.5 Å². The van der Waals surface area contributed by atoms with E-state index >= 15 is 0 Å². The Morgan fingerprint density at radius 2 is 1.44 bits per heavy atom. The molecule has 4 aromatic rings. The first-order chi connectivity index (χ1) is 13.2. The van der Waals surface area contributed by atoms with Crippen LogP contribution in [0.2, 0.25) is 0 Å². The van der Waals surface area contributed by atoms with Crippen molar-refractivity contribution in [3.63, 3.8) is 0 Å². The molecule has 3 aromatic carbocycles. The van der Waals surface area contributed by atoms with Crippen molar-refractivity contribution in [1.82, 2.24) is 4.98 Å². The zero-order valence-corrected chi connectivity index (χ0v) is 14.6. The van der Waals surface area contributed by atoms with Crippen LogP contribution < -0.4 is 0 Å². The van der Waals surface area contributed by atoms with Crippen LogP contribution in [0.3, 0.4) is 0 Å². The molecule has 1 aliphatic rings. The van der Waals surface area contributed by atoms with Gasteiger partial charge in [0.25, 0.3) is 0 Å². The highest BCUT2D eigenvalue weighted by Crippen LogP contribution is 2.43. The molecule has 0 aliphatic heterocycles. The fourth-order valence-corrected chi connectivity index (χ4v) is 3.79. The molecule has 130 valence electrons. The maximum atomic E-state index is 9.97. The Morgan fingerprint density at radius 3 is 2.26 bits per heavy atom. The molecular formula is C24H17NO2. The average Bonchev–Trinajstić information content (AvgIpc) is 3.06. The number of benzene rings is 3. The van der Waals surface area contributed by atoms with Gasteiger partial charge in [-0.2, -0.15) is 0 Å². The number of pyridine rings is 1. The quantitative estimate of drug-likeness (QED) is 0.448. The maximum absolute atomic E-state index is 9.97. The van der Waals surface area contributed by atoms with Crippen LogP contribution in [-0.4, -0.2) is 15.2 Å². The highest BCUT2D eigenvalue weighted by atomic mass is 16.3. The number of hydrogen-bond donors (Lipinski definition) is 2. The fraction of sp³-hybridized carbons (Fsp3) is 0.0417. The third kappa shape index (κ3) is 2.64. The smallest absolute Gasteiger partial charge is 0.116 e. The predicted octanol–water partition coefficient (Wildman–Crippen LogP) is 5.40. The summed E-state index contributed by atoms with van der Waals surface area (Å²) in [6, 6.07) is 24.9. The normalized spacial score (nSPS) is 11.9. The van der Waals surface area contributed by atoms with Crippen molar-refractivity contribution in [2.24, 2.45) is 0 Å². The van der Waals surface area contributed by atoms with Gasteiger partial charge in [0.15, 0.2) is 0 Å². The summed E-state index contributed by atoms with van der Waals surface area (Å²) in [6.45, 7) is 0. The number of aromatic nitrogens is 1. The van der Waals surface area contributed by atoms with Crippen LogP contribution >= 0.6 is 0 Å². The minimum Gasteiger partial charge on any atom is -0.508 e. The summed E-state index contributed by atoms with van der Waals surface area (Å²) in [7, 11) is 0. The second kappa shape index (κ2) is 5.99. The molecule has 0 radical (unpaired) electrons. The summed E-state index contributed by atoms with van der Waals surface area (Å²) in [5.41, 5.74) is 8.10. The van der Waals surface area contributed by atoms with Gasteiger partial charge in [-0.15, -0.1) is 0 Å². The molecule has 5 rings (SSSR count). The van der Waals surface area contributed by atoms with Crippen LogP contribution in [0, 0.1) is 0 Å². The molecule has 2 N–H and O–H groups in total. The number of nitrogens with zero attached hydrogens (tertiary/aromatic N) is 1. The molecular weight excluding hydrogens is 334 g/mol. The van der Waals surface area contributed by atoms with Crippen LogP contribution in [0.1, 0.15) is 11.1 Å². The summed E-state index contributed by atoms with van der Waals surface area (Å²) in [4.78, 5) is 4.94. The molecule has 27 heavy (non-hydrogen) atoms. The number of phenolic OH excluding ortho intramolecular Hbond substituents is 2. The largest absolute Gasteiger partial charge is 0.508 e. The van der Waals surface area contributed by atoms with Crippen molar-refractivity contribution in [3.05, 3.63) is 90.0 Å². The Morgan fingerprint density at radius 1 is 0.667 bits per heavy atom. The molecule has 1 heterocycles. The minimum atomic E-state index is 0.243. The molecule has 0 saturated carbocycles. The molecule has 0 amide bonds. The van der Waals surface area contributed by atoms with Crippen LogP contribution in [0.4, 0.5) is 0 Å². The Hall–Kier alpha value is -3.59. The lowest BCUT2D eigenvalue weighted by Crippen LogP contribution is -1.94. The number of fused-ring (bicyclic) bond motifs is 3. The van der Waals surface area contributed by atoms with E-state index < -0.39 is 0 Å². The first kappa shape index (κ1) is 15.6. The van der Waals surface area contributed by atoms with Gasteiger partial charge >= 0.3 is 0 Å². The van der Waals surface area contributed by atoms with E-state index in [9.17, 15) is 10.2 Å². The molecule has 0 fully saturated rings. The van der Waals surface area contributed by atoms with Crippen LogP contribution in [0.5, 0.6) is 11.5 Å². The Labute approximate surface area is 157 Å². The Kier molecular flexibility index (Phi) is 3.47. The SMILES string of the molecule is Oc1cccc(-c2cc(-c3ccccc3)nc3c2Cc2ccc(O)cc2-3)c1. The molecule has 0 atom stereocenters. The first-order valence-electron chi connectivity index (χ1n) is 8.90. The van der Waals surface area contributed by atoms with E-state index in [1.54, 1.807) is 24.3 Å². The summed E-state index contributed by atoms with van der Waals surface area (Å²) in [5, 5.41) is 19.9. The standard InChI is InChI=1S/C24H17NO2/c26-18-8-4-7-16(11-18)20-14-23(15-5-2-1-3-6-15)25-24-21-13-19(27)10-9-17(21)12-22(20)24/h1-11,13-14,26-27H,12H2. The molecule has 0 bridgehead atoms. The molecule has 1 aliphatic carbocycles. The van der Waals surface area contributed by atoms with Crippen molar-refractivity contribution in [3.8, 4) is 45.1 Å². The van der Waals surface area contributed by atoms with E-state index in [1.165, 1.54) is 0 Å². The number of phenols is 2. The van der Waals surface area contributed by atoms with Crippen LogP contribution in [0.25, 0.3) is 33.6 Å². The second-order valence-corrected chi connectivity index (χ2v) is 6.82. The van der Waals surface area contributed by atoms with Crippen LogP contribution in [0.15, 0.2) is 78.9 Å².